The van der Waals surface area contributed by atoms with Gasteiger partial charge in [-0.3, -0.25) is 0 Å². The highest BCUT2D eigenvalue weighted by molar-refractivity contribution is 6.30. The number of hydrogen-bond acceptors (Lipinski definition) is 0. The van der Waals surface area contributed by atoms with Crippen LogP contribution in [0.2, 0.25) is 5.02 Å². The quantitative estimate of drug-likeness (QED) is 0.682. The van der Waals surface area contributed by atoms with Gasteiger partial charge >= 0.3 is 0 Å². The maximum atomic E-state index is 5.54. The Labute approximate surface area is 109 Å². The van der Waals surface area contributed by atoms with Crippen LogP contribution in [0.5, 0.6) is 0 Å². The fourth-order valence-electron chi connectivity index (χ4n) is 2.63. The molecule has 1 aromatic carbocycles. The molecule has 1 heterocycles. The first-order valence-electron chi connectivity index (χ1n) is 6.44. The van der Waals surface area contributed by atoms with Crippen molar-refractivity contribution in [1.29, 1.82) is 0 Å². The van der Waals surface area contributed by atoms with E-state index in [4.69, 9.17) is 11.6 Å². The minimum atomic E-state index is 0.794. The number of quaternary nitrogens is 1. The lowest BCUT2D eigenvalue weighted by molar-refractivity contribution is -0.674. The van der Waals surface area contributed by atoms with E-state index in [9.17, 15) is 0 Å². The second-order valence-electron chi connectivity index (χ2n) is 5.04. The van der Waals surface area contributed by atoms with E-state index < -0.39 is 0 Å². The van der Waals surface area contributed by atoms with Crippen molar-refractivity contribution in [3.63, 3.8) is 0 Å². The lowest BCUT2D eigenvalue weighted by atomic mass is 9.79. The first-order chi connectivity index (χ1) is 8.25. The minimum Gasteiger partial charge on any atom is -0.346 e. The molecule has 92 valence electrons. The Bertz CT molecular complexity index is 372. The summed E-state index contributed by atoms with van der Waals surface area (Å²) in [7, 11) is 0. The van der Waals surface area contributed by atoms with E-state index in [1.54, 1.807) is 5.57 Å². The Morgan fingerprint density at radius 1 is 1.18 bits per heavy atom. The van der Waals surface area contributed by atoms with E-state index in [2.05, 4.69) is 18.3 Å². The van der Waals surface area contributed by atoms with Gasteiger partial charge in [0.25, 0.3) is 0 Å². The van der Waals surface area contributed by atoms with Crippen molar-refractivity contribution in [3.8, 4) is 0 Å². The summed E-state index contributed by atoms with van der Waals surface area (Å²) in [5.74, 6) is 1.93. The zero-order valence-corrected chi connectivity index (χ0v) is 11.2. The predicted octanol–water partition coefficient (Wildman–Crippen LogP) is 2.88. The summed E-state index contributed by atoms with van der Waals surface area (Å²) in [5.41, 5.74) is 1.65. The summed E-state index contributed by atoms with van der Waals surface area (Å²) < 4.78 is 0. The van der Waals surface area contributed by atoms with Crippen molar-refractivity contribution in [2.24, 2.45) is 11.8 Å². The zero-order chi connectivity index (χ0) is 12.1. The number of benzene rings is 1. The molecule has 0 spiro atoms. The van der Waals surface area contributed by atoms with Crippen molar-refractivity contribution >= 4 is 11.6 Å². The fourth-order valence-corrected chi connectivity index (χ4v) is 2.77. The zero-order valence-electron chi connectivity index (χ0n) is 10.4. The summed E-state index contributed by atoms with van der Waals surface area (Å²) in [4.78, 5) is 0. The maximum absolute atomic E-state index is 5.54. The standard InChI is InChI=1S/C9H15N.C6H5Cl/c1-7-2-3-8-4-9(7)6-10-5-8;7-6-4-2-1-3-5-6/h2,8-10H,3-6H2,1H3;1-5H/p+1/t8-,9+;/m0./s1. The van der Waals surface area contributed by atoms with E-state index in [1.807, 2.05) is 30.3 Å². The molecule has 2 bridgehead atoms. The number of piperidine rings is 1. The van der Waals surface area contributed by atoms with Crippen molar-refractivity contribution in [3.05, 3.63) is 47.0 Å². The van der Waals surface area contributed by atoms with Gasteiger partial charge in [0.05, 0.1) is 13.1 Å². The molecular weight excluding hydrogens is 230 g/mol. The Kier molecular flexibility index (Phi) is 4.64. The van der Waals surface area contributed by atoms with Crippen molar-refractivity contribution in [2.75, 3.05) is 13.1 Å². The SMILES string of the molecule is CC1=CC[C@@H]2C[NH2+]C[C@H]1C2.Clc1ccccc1. The van der Waals surface area contributed by atoms with Crippen LogP contribution in [-0.2, 0) is 0 Å². The summed E-state index contributed by atoms with van der Waals surface area (Å²) >= 11 is 5.54. The minimum absolute atomic E-state index is 0.794. The smallest absolute Gasteiger partial charge is 0.0821 e. The largest absolute Gasteiger partial charge is 0.346 e. The van der Waals surface area contributed by atoms with E-state index in [1.165, 1.54) is 25.9 Å². The van der Waals surface area contributed by atoms with Gasteiger partial charge in [-0.05, 0) is 31.9 Å². The third kappa shape index (κ3) is 3.86. The van der Waals surface area contributed by atoms with Crippen LogP contribution in [0.1, 0.15) is 19.8 Å². The molecule has 0 unspecified atom stereocenters. The monoisotopic (exact) mass is 250 g/mol. The van der Waals surface area contributed by atoms with Gasteiger partial charge in [0, 0.05) is 16.9 Å². The third-order valence-corrected chi connectivity index (χ3v) is 3.97. The van der Waals surface area contributed by atoms with Crippen LogP contribution in [-0.4, -0.2) is 13.1 Å². The molecule has 2 aliphatic rings. The molecule has 0 aromatic heterocycles. The van der Waals surface area contributed by atoms with Gasteiger partial charge in [-0.2, -0.15) is 0 Å². The number of fused-ring (bicyclic) bond motifs is 2. The summed E-state index contributed by atoms with van der Waals surface area (Å²) in [6, 6.07) is 9.44. The average molecular weight is 251 g/mol. The van der Waals surface area contributed by atoms with Gasteiger partial charge in [-0.1, -0.05) is 41.4 Å². The number of allylic oxidation sites excluding steroid dienone is 1. The van der Waals surface area contributed by atoms with Crippen molar-refractivity contribution < 1.29 is 5.32 Å². The van der Waals surface area contributed by atoms with Gasteiger partial charge < -0.3 is 5.32 Å². The highest BCUT2D eigenvalue weighted by Crippen LogP contribution is 2.28. The third-order valence-electron chi connectivity index (χ3n) is 3.72. The first-order valence-corrected chi connectivity index (χ1v) is 6.82. The summed E-state index contributed by atoms with van der Waals surface area (Å²) in [5, 5.41) is 3.28. The molecule has 0 amide bonds. The van der Waals surface area contributed by atoms with Crippen molar-refractivity contribution in [2.45, 2.75) is 19.8 Å². The summed E-state index contributed by atoms with van der Waals surface area (Å²) in [6.45, 7) is 5.01. The molecule has 1 saturated heterocycles. The van der Waals surface area contributed by atoms with E-state index in [0.717, 1.165) is 16.9 Å². The number of halogens is 1. The van der Waals surface area contributed by atoms with Crippen LogP contribution >= 0.6 is 11.6 Å². The molecule has 3 rings (SSSR count). The normalized spacial score (nSPS) is 26.6. The van der Waals surface area contributed by atoms with Crippen LogP contribution in [0.15, 0.2) is 42.0 Å². The molecule has 1 aliphatic carbocycles. The molecule has 0 saturated carbocycles. The van der Waals surface area contributed by atoms with Gasteiger partial charge in [0.1, 0.15) is 0 Å². The van der Waals surface area contributed by atoms with Crippen LogP contribution in [0.25, 0.3) is 0 Å². The first kappa shape index (κ1) is 12.7. The molecule has 0 radical (unpaired) electrons. The molecule has 1 nitrogen and oxygen atoms in total. The molecular formula is C15H21ClN+. The Hall–Kier alpha value is -0.790. The van der Waals surface area contributed by atoms with Gasteiger partial charge in [-0.25, -0.2) is 0 Å². The molecule has 1 aliphatic heterocycles. The number of rotatable bonds is 0. The summed E-state index contributed by atoms with van der Waals surface area (Å²) in [6.07, 6.45) is 5.27. The van der Waals surface area contributed by atoms with Crippen molar-refractivity contribution in [1.82, 2.24) is 0 Å². The maximum Gasteiger partial charge on any atom is 0.0821 e. The highest BCUT2D eigenvalue weighted by Gasteiger charge is 2.28. The topological polar surface area (TPSA) is 16.6 Å². The number of hydrogen-bond donors (Lipinski definition) is 1. The number of nitrogens with two attached hydrogens (primary N) is 1. The fraction of sp³-hybridized carbons (Fsp3) is 0.467. The van der Waals surface area contributed by atoms with E-state index >= 15 is 0 Å². The highest BCUT2D eigenvalue weighted by atomic mass is 35.5. The molecule has 2 atom stereocenters. The average Bonchev–Trinajstić information content (AvgIpc) is 2.37. The molecule has 17 heavy (non-hydrogen) atoms. The van der Waals surface area contributed by atoms with Gasteiger partial charge in [0.15, 0.2) is 0 Å². The van der Waals surface area contributed by atoms with E-state index in [-0.39, 0.29) is 0 Å². The molecule has 2 N–H and O–H groups in total. The Balaban J connectivity index is 0.000000136. The Morgan fingerprint density at radius 3 is 2.53 bits per heavy atom. The van der Waals surface area contributed by atoms with Gasteiger partial charge in [-0.15, -0.1) is 0 Å². The predicted molar refractivity (Wildman–Crippen MR) is 73.1 cm³/mol. The van der Waals surface area contributed by atoms with Crippen LogP contribution in [0.3, 0.4) is 0 Å². The van der Waals surface area contributed by atoms with Crippen LogP contribution in [0.4, 0.5) is 0 Å². The van der Waals surface area contributed by atoms with Crippen LogP contribution < -0.4 is 5.32 Å². The lowest BCUT2D eigenvalue weighted by Crippen LogP contribution is -2.89. The molecule has 1 fully saturated rings. The van der Waals surface area contributed by atoms with Crippen LogP contribution in [0, 0.1) is 11.8 Å². The Morgan fingerprint density at radius 2 is 1.94 bits per heavy atom. The lowest BCUT2D eigenvalue weighted by Gasteiger charge is -2.31. The second-order valence-corrected chi connectivity index (χ2v) is 5.47. The molecule has 2 heteroatoms. The second kappa shape index (κ2) is 6.23. The van der Waals surface area contributed by atoms with E-state index in [0.29, 0.717) is 0 Å². The molecule has 1 aromatic rings. The van der Waals surface area contributed by atoms with Gasteiger partial charge in [0.2, 0.25) is 0 Å².